The lowest BCUT2D eigenvalue weighted by Gasteiger charge is -2.11. The Kier molecular flexibility index (Phi) is 5.33. The van der Waals surface area contributed by atoms with Crippen molar-refractivity contribution < 1.29 is 21.6 Å². The van der Waals surface area contributed by atoms with Gasteiger partial charge in [-0.25, -0.2) is 13.1 Å². The molecule has 0 aliphatic carbocycles. The number of nitrogens with zero attached hydrogens (tertiary/aromatic N) is 2. The van der Waals surface area contributed by atoms with Gasteiger partial charge in [0.25, 0.3) is 0 Å². The summed E-state index contributed by atoms with van der Waals surface area (Å²) >= 11 is 0. The summed E-state index contributed by atoms with van der Waals surface area (Å²) in [4.78, 5) is -0.423. The van der Waals surface area contributed by atoms with Gasteiger partial charge >= 0.3 is 6.18 Å². The average Bonchev–Trinajstić information content (AvgIpc) is 3.14. The minimum atomic E-state index is -4.60. The van der Waals surface area contributed by atoms with Crippen LogP contribution in [-0.4, -0.2) is 18.2 Å². The number of rotatable bonds is 6. The van der Waals surface area contributed by atoms with E-state index in [0.717, 1.165) is 23.8 Å². The first-order chi connectivity index (χ1) is 12.7. The van der Waals surface area contributed by atoms with Gasteiger partial charge in [0.15, 0.2) is 0 Å². The first kappa shape index (κ1) is 19.1. The standard InChI is InChI=1S/C18H16F3N3O2S/c19-18(20,21)16-3-1-4-17(11-16)27(25,26)23-12-14-5-7-15(8-6-14)13-24-10-2-9-22-24/h1-11,23H,12-13H2. The number of benzene rings is 2. The summed E-state index contributed by atoms with van der Waals surface area (Å²) in [6.45, 7) is 0.559. The second-order valence-electron chi connectivity index (χ2n) is 5.87. The number of alkyl halides is 3. The van der Waals surface area contributed by atoms with Crippen LogP contribution in [0.3, 0.4) is 0 Å². The molecule has 27 heavy (non-hydrogen) atoms. The van der Waals surface area contributed by atoms with E-state index in [0.29, 0.717) is 18.2 Å². The van der Waals surface area contributed by atoms with Crippen molar-refractivity contribution in [1.82, 2.24) is 14.5 Å². The molecular formula is C18H16F3N3O2S. The molecule has 2 aromatic carbocycles. The van der Waals surface area contributed by atoms with Gasteiger partial charge in [-0.1, -0.05) is 30.3 Å². The van der Waals surface area contributed by atoms with Crippen molar-refractivity contribution in [3.8, 4) is 0 Å². The minimum Gasteiger partial charge on any atom is -0.268 e. The molecule has 3 aromatic rings. The molecule has 0 saturated carbocycles. The molecule has 0 amide bonds. The van der Waals surface area contributed by atoms with Gasteiger partial charge in [0.2, 0.25) is 10.0 Å². The Balaban J connectivity index is 1.67. The molecule has 1 aromatic heterocycles. The molecule has 5 nitrogen and oxygen atoms in total. The summed E-state index contributed by atoms with van der Waals surface area (Å²) < 4.78 is 66.9. The van der Waals surface area contributed by atoms with Crippen molar-refractivity contribution in [3.63, 3.8) is 0 Å². The van der Waals surface area contributed by atoms with Crippen LogP contribution in [0.25, 0.3) is 0 Å². The topological polar surface area (TPSA) is 64.0 Å². The molecule has 0 saturated heterocycles. The molecule has 0 spiro atoms. The highest BCUT2D eigenvalue weighted by Crippen LogP contribution is 2.30. The molecule has 0 bridgehead atoms. The number of sulfonamides is 1. The third kappa shape index (κ3) is 4.95. The molecule has 9 heteroatoms. The van der Waals surface area contributed by atoms with Gasteiger partial charge in [0.05, 0.1) is 17.0 Å². The fourth-order valence-electron chi connectivity index (χ4n) is 2.44. The first-order valence-corrected chi connectivity index (χ1v) is 9.44. The highest BCUT2D eigenvalue weighted by Gasteiger charge is 2.31. The van der Waals surface area contributed by atoms with Crippen LogP contribution in [0.4, 0.5) is 13.2 Å². The molecule has 0 aliphatic rings. The molecule has 0 unspecified atom stereocenters. The summed E-state index contributed by atoms with van der Waals surface area (Å²) in [6, 6.07) is 12.7. The Morgan fingerprint density at radius 2 is 1.70 bits per heavy atom. The highest BCUT2D eigenvalue weighted by molar-refractivity contribution is 7.89. The van der Waals surface area contributed by atoms with Crippen molar-refractivity contribution in [3.05, 3.63) is 83.7 Å². The Bertz CT molecular complexity index is 999. The van der Waals surface area contributed by atoms with Gasteiger partial charge in [-0.3, -0.25) is 4.68 Å². The number of hydrogen-bond acceptors (Lipinski definition) is 3. The maximum atomic E-state index is 12.8. The lowest BCUT2D eigenvalue weighted by atomic mass is 10.1. The molecule has 1 heterocycles. The van der Waals surface area contributed by atoms with E-state index >= 15 is 0 Å². The third-order valence-corrected chi connectivity index (χ3v) is 5.26. The highest BCUT2D eigenvalue weighted by atomic mass is 32.2. The van der Waals surface area contributed by atoms with Crippen molar-refractivity contribution in [2.45, 2.75) is 24.2 Å². The van der Waals surface area contributed by atoms with Crippen molar-refractivity contribution in [2.24, 2.45) is 0 Å². The average molecular weight is 395 g/mol. The van der Waals surface area contributed by atoms with E-state index in [-0.39, 0.29) is 6.54 Å². The fourth-order valence-corrected chi connectivity index (χ4v) is 3.51. The number of hydrogen-bond donors (Lipinski definition) is 1. The maximum Gasteiger partial charge on any atom is 0.416 e. The first-order valence-electron chi connectivity index (χ1n) is 7.96. The summed E-state index contributed by atoms with van der Waals surface area (Å²) in [5.41, 5.74) is 0.673. The molecule has 0 aliphatic heterocycles. The van der Waals surface area contributed by atoms with Crippen LogP contribution >= 0.6 is 0 Å². The zero-order valence-electron chi connectivity index (χ0n) is 14.0. The van der Waals surface area contributed by atoms with Crippen molar-refractivity contribution >= 4 is 10.0 Å². The van der Waals surface area contributed by atoms with Crippen LogP contribution in [0.15, 0.2) is 71.9 Å². The fraction of sp³-hybridized carbons (Fsp3) is 0.167. The van der Waals surface area contributed by atoms with E-state index in [1.807, 2.05) is 24.4 Å². The monoisotopic (exact) mass is 395 g/mol. The number of halogens is 3. The van der Waals surface area contributed by atoms with Crippen LogP contribution in [0.1, 0.15) is 16.7 Å². The summed E-state index contributed by atoms with van der Waals surface area (Å²) in [6.07, 6.45) is -1.09. The SMILES string of the molecule is O=S(=O)(NCc1ccc(Cn2cccn2)cc1)c1cccc(C(F)(F)F)c1. The number of aromatic nitrogens is 2. The lowest BCUT2D eigenvalue weighted by Crippen LogP contribution is -2.23. The van der Waals surface area contributed by atoms with E-state index in [1.165, 1.54) is 0 Å². The van der Waals surface area contributed by atoms with Crippen LogP contribution in [0, 0.1) is 0 Å². The molecule has 142 valence electrons. The van der Waals surface area contributed by atoms with Crippen LogP contribution in [0.2, 0.25) is 0 Å². The summed E-state index contributed by atoms with van der Waals surface area (Å²) in [5, 5.41) is 4.11. The summed E-state index contributed by atoms with van der Waals surface area (Å²) in [5.74, 6) is 0. The number of nitrogens with one attached hydrogen (secondary N) is 1. The van der Waals surface area contributed by atoms with E-state index < -0.39 is 26.7 Å². The Morgan fingerprint density at radius 1 is 1.00 bits per heavy atom. The van der Waals surface area contributed by atoms with Crippen molar-refractivity contribution in [1.29, 1.82) is 0 Å². The van der Waals surface area contributed by atoms with E-state index in [9.17, 15) is 21.6 Å². The Hall–Kier alpha value is -2.65. The molecule has 1 N–H and O–H groups in total. The molecule has 0 atom stereocenters. The Morgan fingerprint density at radius 3 is 2.33 bits per heavy atom. The Labute approximate surface area is 154 Å². The van der Waals surface area contributed by atoms with Gasteiger partial charge < -0.3 is 0 Å². The largest absolute Gasteiger partial charge is 0.416 e. The predicted octanol–water partition coefficient (Wildman–Crippen LogP) is 3.43. The lowest BCUT2D eigenvalue weighted by molar-refractivity contribution is -0.137. The van der Waals surface area contributed by atoms with Gasteiger partial charge in [-0.2, -0.15) is 18.3 Å². The molecule has 0 radical (unpaired) electrons. The minimum absolute atomic E-state index is 0.0272. The van der Waals surface area contributed by atoms with E-state index in [2.05, 4.69) is 9.82 Å². The second-order valence-corrected chi connectivity index (χ2v) is 7.64. The molecule has 3 rings (SSSR count). The molecular weight excluding hydrogens is 379 g/mol. The molecule has 0 fully saturated rings. The second kappa shape index (κ2) is 7.53. The quantitative estimate of drug-likeness (QED) is 0.696. The summed E-state index contributed by atoms with van der Waals surface area (Å²) in [7, 11) is -4.06. The van der Waals surface area contributed by atoms with Gasteiger partial charge in [0.1, 0.15) is 0 Å². The van der Waals surface area contributed by atoms with Gasteiger partial charge in [-0.05, 0) is 35.4 Å². The maximum absolute atomic E-state index is 12.8. The smallest absolute Gasteiger partial charge is 0.268 e. The van der Waals surface area contributed by atoms with Crippen molar-refractivity contribution in [2.75, 3.05) is 0 Å². The zero-order chi connectivity index (χ0) is 19.5. The van der Waals surface area contributed by atoms with Crippen LogP contribution < -0.4 is 4.72 Å². The van der Waals surface area contributed by atoms with Gasteiger partial charge in [-0.15, -0.1) is 0 Å². The van der Waals surface area contributed by atoms with Gasteiger partial charge in [0, 0.05) is 18.9 Å². The van der Waals surface area contributed by atoms with Crippen LogP contribution in [-0.2, 0) is 29.3 Å². The van der Waals surface area contributed by atoms with E-state index in [1.54, 1.807) is 23.0 Å². The zero-order valence-corrected chi connectivity index (χ0v) is 14.8. The normalized spacial score (nSPS) is 12.3. The predicted molar refractivity (Wildman–Crippen MR) is 93.2 cm³/mol. The third-order valence-electron chi connectivity index (χ3n) is 3.86. The van der Waals surface area contributed by atoms with Crippen LogP contribution in [0.5, 0.6) is 0 Å². The van der Waals surface area contributed by atoms with E-state index in [4.69, 9.17) is 0 Å².